The average Bonchev–Trinajstić information content (AvgIpc) is 3.47. The molecule has 5 rings (SSSR count). The lowest BCUT2D eigenvalue weighted by Crippen LogP contribution is -2.25. The fourth-order valence-corrected chi connectivity index (χ4v) is 5.02. The molecule has 0 fully saturated rings. The molecule has 0 aliphatic heterocycles. The molecule has 34 heavy (non-hydrogen) atoms. The minimum atomic E-state index is -0.834. The summed E-state index contributed by atoms with van der Waals surface area (Å²) in [7, 11) is 0. The lowest BCUT2D eigenvalue weighted by Gasteiger charge is -2.19. The van der Waals surface area contributed by atoms with Crippen molar-refractivity contribution < 1.29 is 23.9 Å². The predicted octanol–water partition coefficient (Wildman–Crippen LogP) is 4.37. The van der Waals surface area contributed by atoms with Crippen LogP contribution in [-0.2, 0) is 4.74 Å². The third kappa shape index (κ3) is 3.39. The van der Waals surface area contributed by atoms with E-state index >= 15 is 0 Å². The number of carbonyl (C=O) groups excluding carboxylic acids is 4. The quantitative estimate of drug-likeness (QED) is 0.280. The maximum absolute atomic E-state index is 13.1. The number of ether oxygens (including phenoxy) is 1. The molecule has 2 heterocycles. The van der Waals surface area contributed by atoms with Gasteiger partial charge in [-0.25, -0.2) is 9.78 Å². The predicted molar refractivity (Wildman–Crippen MR) is 125 cm³/mol. The molecule has 0 amide bonds. The van der Waals surface area contributed by atoms with Crippen LogP contribution in [-0.4, -0.2) is 39.5 Å². The number of ketones is 3. The molecule has 0 atom stereocenters. The maximum atomic E-state index is 13.1. The number of aryl methyl sites for hydroxylation is 1. The molecule has 0 unspecified atom stereocenters. The van der Waals surface area contributed by atoms with Gasteiger partial charge in [0, 0.05) is 50.8 Å². The fourth-order valence-electron chi connectivity index (χ4n) is 4.27. The van der Waals surface area contributed by atoms with E-state index in [2.05, 4.69) is 4.98 Å². The molecular weight excluding hydrogens is 452 g/mol. The number of carbonyl (C=O) groups is 4. The Bertz CT molecular complexity index is 1500. The number of nitrogens with zero attached hydrogens (tertiary/aromatic N) is 2. The summed E-state index contributed by atoms with van der Waals surface area (Å²) in [6.07, 6.45) is 1.69. The van der Waals surface area contributed by atoms with Crippen LogP contribution in [0.1, 0.15) is 63.9 Å². The Morgan fingerprint density at radius 2 is 1.65 bits per heavy atom. The van der Waals surface area contributed by atoms with Crippen LogP contribution in [0.3, 0.4) is 0 Å². The van der Waals surface area contributed by atoms with Crippen molar-refractivity contribution in [3.63, 3.8) is 0 Å². The molecule has 2 aromatic heterocycles. The molecule has 1 aliphatic rings. The van der Waals surface area contributed by atoms with Crippen LogP contribution < -0.4 is 0 Å². The van der Waals surface area contributed by atoms with Crippen molar-refractivity contribution in [1.29, 1.82) is 0 Å². The van der Waals surface area contributed by atoms with Crippen molar-refractivity contribution in [3.05, 3.63) is 105 Å². The van der Waals surface area contributed by atoms with Crippen LogP contribution in [0, 0.1) is 13.8 Å². The van der Waals surface area contributed by atoms with Crippen molar-refractivity contribution in [2.24, 2.45) is 0 Å². The van der Waals surface area contributed by atoms with E-state index in [0.717, 1.165) is 10.8 Å². The third-order valence-electron chi connectivity index (χ3n) is 5.85. The number of aromatic nitrogens is 2. The van der Waals surface area contributed by atoms with Crippen LogP contribution in [0.2, 0.25) is 0 Å². The summed E-state index contributed by atoms with van der Waals surface area (Å²) in [6, 6.07) is 12.7. The highest BCUT2D eigenvalue weighted by Gasteiger charge is 2.33. The number of thiazole rings is 1. The second-order valence-electron chi connectivity index (χ2n) is 7.87. The van der Waals surface area contributed by atoms with Crippen LogP contribution in [0.25, 0.3) is 5.13 Å². The Kier molecular flexibility index (Phi) is 5.30. The summed E-state index contributed by atoms with van der Waals surface area (Å²) in [6.45, 7) is 3.18. The molecule has 0 spiro atoms. The summed E-state index contributed by atoms with van der Waals surface area (Å²) in [5.74, 6) is -1.96. The van der Waals surface area contributed by atoms with Gasteiger partial charge in [-0.1, -0.05) is 36.4 Å². The number of hydrogen-bond donors (Lipinski definition) is 0. The number of Topliss-reactive ketones (excluding diaryl/α,β-unsaturated/α-hetero) is 1. The van der Waals surface area contributed by atoms with Gasteiger partial charge in [-0.15, -0.1) is 11.3 Å². The second kappa shape index (κ2) is 8.31. The van der Waals surface area contributed by atoms with Crippen molar-refractivity contribution >= 4 is 34.7 Å². The van der Waals surface area contributed by atoms with E-state index in [4.69, 9.17) is 4.74 Å². The first-order valence-electron chi connectivity index (χ1n) is 10.5. The fraction of sp³-hybridized carbons (Fsp3) is 0.115. The van der Waals surface area contributed by atoms with Gasteiger partial charge in [-0.2, -0.15) is 0 Å². The molecular formula is C26H18N2O5S. The van der Waals surface area contributed by atoms with Gasteiger partial charge in [-0.3, -0.25) is 19.0 Å². The third-order valence-corrected chi connectivity index (χ3v) is 6.61. The average molecular weight is 471 g/mol. The molecule has 0 N–H and O–H groups in total. The maximum Gasteiger partial charge on any atom is 0.339 e. The highest BCUT2D eigenvalue weighted by atomic mass is 32.1. The molecule has 2 aromatic carbocycles. The smallest absolute Gasteiger partial charge is 0.339 e. The minimum absolute atomic E-state index is 0.00518. The van der Waals surface area contributed by atoms with Crippen LogP contribution in [0.5, 0.6) is 0 Å². The normalized spacial score (nSPS) is 12.3. The van der Waals surface area contributed by atoms with E-state index in [1.165, 1.54) is 29.5 Å². The Labute approximate surface area is 198 Å². The topological polar surface area (TPSA) is 95.3 Å². The number of benzene rings is 2. The van der Waals surface area contributed by atoms with Gasteiger partial charge in [-0.05, 0) is 26.0 Å². The van der Waals surface area contributed by atoms with Gasteiger partial charge in [0.2, 0.25) is 5.78 Å². The molecule has 0 bridgehead atoms. The number of hydrogen-bond acceptors (Lipinski definition) is 7. The largest absolute Gasteiger partial charge is 0.454 e. The number of esters is 1. The zero-order chi connectivity index (χ0) is 24.0. The molecule has 8 heteroatoms. The van der Waals surface area contributed by atoms with Gasteiger partial charge >= 0.3 is 5.97 Å². The summed E-state index contributed by atoms with van der Waals surface area (Å²) in [5.41, 5.74) is 2.62. The molecule has 0 saturated carbocycles. The van der Waals surface area contributed by atoms with E-state index < -0.39 is 18.4 Å². The van der Waals surface area contributed by atoms with Gasteiger partial charge in [0.25, 0.3) is 0 Å². The Morgan fingerprint density at radius 1 is 0.941 bits per heavy atom. The van der Waals surface area contributed by atoms with Gasteiger partial charge in [0.05, 0.1) is 5.56 Å². The van der Waals surface area contributed by atoms with E-state index in [9.17, 15) is 19.2 Å². The van der Waals surface area contributed by atoms with Crippen LogP contribution in [0.15, 0.2) is 60.1 Å². The van der Waals surface area contributed by atoms with Gasteiger partial charge < -0.3 is 4.74 Å². The van der Waals surface area contributed by atoms with Crippen molar-refractivity contribution in [2.45, 2.75) is 13.8 Å². The standard InChI is InChI=1S/C26H18N2O5S/c1-14-12-20(15(2)28(14)26-27-10-11-34-26)21(29)13-33-25(32)19-9-5-8-18-22(19)24(31)17-7-4-3-6-16(17)23(18)30/h3-12H,13H2,1-2H3. The lowest BCUT2D eigenvalue weighted by molar-refractivity contribution is 0.0472. The Balaban J connectivity index is 1.40. The Morgan fingerprint density at radius 3 is 2.35 bits per heavy atom. The molecule has 4 aromatic rings. The molecule has 0 radical (unpaired) electrons. The Hall–Kier alpha value is -4.17. The first-order chi connectivity index (χ1) is 16.4. The lowest BCUT2D eigenvalue weighted by atomic mass is 9.82. The van der Waals surface area contributed by atoms with Crippen molar-refractivity contribution in [1.82, 2.24) is 9.55 Å². The summed E-state index contributed by atoms with van der Waals surface area (Å²) in [4.78, 5) is 56.1. The van der Waals surface area contributed by atoms with Gasteiger partial charge in [0.1, 0.15) is 0 Å². The highest BCUT2D eigenvalue weighted by Crippen LogP contribution is 2.30. The van der Waals surface area contributed by atoms with Crippen molar-refractivity contribution in [2.75, 3.05) is 6.61 Å². The summed E-state index contributed by atoms with van der Waals surface area (Å²) in [5, 5.41) is 2.59. The summed E-state index contributed by atoms with van der Waals surface area (Å²) < 4.78 is 7.17. The van der Waals surface area contributed by atoms with E-state index in [-0.39, 0.29) is 33.8 Å². The van der Waals surface area contributed by atoms with Gasteiger partial charge in [0.15, 0.2) is 23.3 Å². The van der Waals surface area contributed by atoms with E-state index in [0.29, 0.717) is 16.8 Å². The van der Waals surface area contributed by atoms with Crippen molar-refractivity contribution in [3.8, 4) is 5.13 Å². The molecule has 1 aliphatic carbocycles. The molecule has 7 nitrogen and oxygen atoms in total. The SMILES string of the molecule is Cc1cc(C(=O)COC(=O)c2cccc3c2C(=O)c2ccccc2C3=O)c(C)n1-c1nccs1. The van der Waals surface area contributed by atoms with Crippen LogP contribution in [0.4, 0.5) is 0 Å². The molecule has 0 saturated heterocycles. The van der Waals surface area contributed by atoms with E-state index in [1.807, 2.05) is 16.9 Å². The molecule has 168 valence electrons. The second-order valence-corrected chi connectivity index (χ2v) is 8.74. The zero-order valence-electron chi connectivity index (χ0n) is 18.3. The first kappa shape index (κ1) is 21.7. The first-order valence-corrected chi connectivity index (χ1v) is 11.4. The summed E-state index contributed by atoms with van der Waals surface area (Å²) >= 11 is 1.45. The van der Waals surface area contributed by atoms with E-state index in [1.54, 1.807) is 43.5 Å². The van der Waals surface area contributed by atoms with Crippen LogP contribution >= 0.6 is 11.3 Å². The highest BCUT2D eigenvalue weighted by molar-refractivity contribution is 7.12. The zero-order valence-corrected chi connectivity index (χ0v) is 19.1. The number of rotatable bonds is 5. The monoisotopic (exact) mass is 470 g/mol. The minimum Gasteiger partial charge on any atom is -0.454 e. The number of fused-ring (bicyclic) bond motifs is 2.